The van der Waals surface area contributed by atoms with Crippen LogP contribution in [-0.4, -0.2) is 37.4 Å². The van der Waals surface area contributed by atoms with Crippen molar-refractivity contribution in [2.75, 3.05) is 11.5 Å². The molecule has 0 heterocycles. The van der Waals surface area contributed by atoms with Crippen molar-refractivity contribution in [3.05, 3.63) is 0 Å². The van der Waals surface area contributed by atoms with Crippen molar-refractivity contribution in [1.29, 1.82) is 0 Å². The maximum atomic E-state index is 9.86. The Kier molecular flexibility index (Phi) is 2.77. The molecule has 0 aliphatic carbocycles. The van der Waals surface area contributed by atoms with E-state index >= 15 is 0 Å². The first-order valence-electron chi connectivity index (χ1n) is 2.11. The van der Waals surface area contributed by atoms with E-state index in [0.29, 0.717) is 0 Å². The fourth-order valence-electron chi connectivity index (χ4n) is 0.211. The molecule has 0 aliphatic heterocycles. The molecule has 6 nitrogen and oxygen atoms in total. The molecule has 0 fully saturated rings. The molecule has 0 rings (SSSR count). The van der Waals surface area contributed by atoms with E-state index in [1.165, 1.54) is 0 Å². The Morgan fingerprint density at radius 1 is 0.900 bits per heavy atom. The van der Waals surface area contributed by atoms with Crippen molar-refractivity contribution in [1.82, 2.24) is 0 Å². The normalized spacial score (nSPS) is 13.4. The molecule has 0 atom stereocenters. The molecule has 0 aliphatic rings. The van der Waals surface area contributed by atoms with Gasteiger partial charge in [-0.2, -0.15) is 16.8 Å². The summed E-state index contributed by atoms with van der Waals surface area (Å²) >= 11 is 0. The van der Waals surface area contributed by atoms with Crippen LogP contribution in [-0.2, 0) is 20.2 Å². The fraction of sp³-hybridized carbons (Fsp3) is 1.00. The van der Waals surface area contributed by atoms with Crippen LogP contribution in [0.15, 0.2) is 0 Å². The minimum Gasteiger partial charge on any atom is -0.286 e. The Balaban J connectivity index is -0.000000405. The molecule has 0 spiro atoms. The van der Waals surface area contributed by atoms with Gasteiger partial charge in [-0.15, -0.1) is 0 Å². The second-order valence-corrected chi connectivity index (χ2v) is 4.72. The van der Waals surface area contributed by atoms with Gasteiger partial charge in [0.2, 0.25) is 0 Å². The molecule has 0 bridgehead atoms. The Hall–Kier alpha value is -0.180. The first-order valence-corrected chi connectivity index (χ1v) is 5.33. The van der Waals surface area contributed by atoms with Gasteiger partial charge in [0.25, 0.3) is 20.2 Å². The highest BCUT2D eigenvalue weighted by Gasteiger charge is 2.11. The number of rotatable bonds is 3. The van der Waals surface area contributed by atoms with E-state index in [-0.39, 0.29) is 2.85 Å². The van der Waals surface area contributed by atoms with Gasteiger partial charge in [0.1, 0.15) is 0 Å². The molecule has 0 aromatic carbocycles. The van der Waals surface area contributed by atoms with E-state index in [4.69, 9.17) is 9.11 Å². The molecule has 10 heavy (non-hydrogen) atoms. The van der Waals surface area contributed by atoms with Crippen LogP contribution in [0.4, 0.5) is 0 Å². The Bertz CT molecular complexity index is 258. The summed E-state index contributed by atoms with van der Waals surface area (Å²) in [5.41, 5.74) is 0. The lowest BCUT2D eigenvalue weighted by Gasteiger charge is -1.92. The maximum absolute atomic E-state index is 9.86. The first kappa shape index (κ1) is 9.82. The van der Waals surface area contributed by atoms with E-state index in [1.54, 1.807) is 0 Å². The zero-order chi connectivity index (χ0) is 8.41. The van der Waals surface area contributed by atoms with Crippen LogP contribution in [0.25, 0.3) is 0 Å². The van der Waals surface area contributed by atoms with Crippen LogP contribution in [0.5, 0.6) is 0 Å². The van der Waals surface area contributed by atoms with Gasteiger partial charge >= 0.3 is 0 Å². The second-order valence-electron chi connectivity index (χ2n) is 1.57. The Morgan fingerprint density at radius 2 is 1.10 bits per heavy atom. The molecule has 2 N–H and O–H groups in total. The predicted molar refractivity (Wildman–Crippen MR) is 37.1 cm³/mol. The smallest absolute Gasteiger partial charge is 0.265 e. The number of hydrogen-bond donors (Lipinski definition) is 2. The first-order chi connectivity index (χ1) is 4.21. The van der Waals surface area contributed by atoms with Crippen molar-refractivity contribution >= 4 is 20.2 Å². The van der Waals surface area contributed by atoms with Gasteiger partial charge < -0.3 is 0 Å². The van der Waals surface area contributed by atoms with Crippen molar-refractivity contribution < 1.29 is 28.8 Å². The second kappa shape index (κ2) is 2.82. The average Bonchev–Trinajstić information content (AvgIpc) is 1.57. The predicted octanol–water partition coefficient (Wildman–Crippen LogP) is -0.746. The maximum Gasteiger partial charge on any atom is 0.265 e. The number of hydrogen-bond acceptors (Lipinski definition) is 4. The lowest BCUT2D eigenvalue weighted by molar-refractivity contribution is 0.472. The van der Waals surface area contributed by atoms with Crippen molar-refractivity contribution in [2.45, 2.75) is 0 Å². The Labute approximate surface area is 61.3 Å². The van der Waals surface area contributed by atoms with Gasteiger partial charge in [0, 0.05) is 2.85 Å². The third-order valence-corrected chi connectivity index (χ3v) is 2.30. The molecule has 0 saturated heterocycles. The van der Waals surface area contributed by atoms with Gasteiger partial charge in [0.15, 0.2) is 0 Å². The molecular formula is C2H10O6S2. The van der Waals surface area contributed by atoms with Gasteiger partial charge in [0.05, 0.1) is 11.5 Å². The van der Waals surface area contributed by atoms with Gasteiger partial charge in [-0.25, -0.2) is 0 Å². The minimum absolute atomic E-state index is 0. The summed E-state index contributed by atoms with van der Waals surface area (Å²) < 4.78 is 55.4. The summed E-state index contributed by atoms with van der Waals surface area (Å²) in [6.45, 7) is 0. The van der Waals surface area contributed by atoms with Gasteiger partial charge in [-0.3, -0.25) is 9.11 Å². The summed E-state index contributed by atoms with van der Waals surface area (Å²) in [6, 6.07) is 0. The molecule has 0 aromatic rings. The standard InChI is InChI=1S/C2H6O6S2.2H2/c3-9(4,5)1-2-10(6,7)8;;/h1-2H2,(H,3,4,5)(H,6,7,8);2*1H. The SMILES string of the molecule is O=S(=O)(O)CCS(=O)(=O)O.[HH].[HH]. The largest absolute Gasteiger partial charge is 0.286 e. The van der Waals surface area contributed by atoms with Crippen molar-refractivity contribution in [3.8, 4) is 0 Å². The summed E-state index contributed by atoms with van der Waals surface area (Å²) in [6.07, 6.45) is 0. The lowest BCUT2D eigenvalue weighted by Crippen LogP contribution is -2.15. The fourth-order valence-corrected chi connectivity index (χ4v) is 1.90. The molecular weight excluding hydrogens is 184 g/mol. The van der Waals surface area contributed by atoms with E-state index in [2.05, 4.69) is 0 Å². The highest BCUT2D eigenvalue weighted by Crippen LogP contribution is 1.86. The van der Waals surface area contributed by atoms with Crippen LogP contribution >= 0.6 is 0 Å². The molecule has 0 radical (unpaired) electrons. The van der Waals surface area contributed by atoms with Crippen LogP contribution in [0.1, 0.15) is 2.85 Å². The third-order valence-electron chi connectivity index (χ3n) is 0.599. The minimum atomic E-state index is -4.30. The Morgan fingerprint density at radius 3 is 1.20 bits per heavy atom. The van der Waals surface area contributed by atoms with Crippen LogP contribution in [0.2, 0.25) is 0 Å². The van der Waals surface area contributed by atoms with E-state index in [9.17, 15) is 16.8 Å². The van der Waals surface area contributed by atoms with E-state index < -0.39 is 31.7 Å². The molecule has 0 saturated carbocycles. The highest BCUT2D eigenvalue weighted by atomic mass is 32.2. The molecule has 0 aromatic heterocycles. The summed E-state index contributed by atoms with van der Waals surface area (Å²) in [7, 11) is -8.59. The molecule has 8 heteroatoms. The van der Waals surface area contributed by atoms with Gasteiger partial charge in [-0.05, 0) is 0 Å². The van der Waals surface area contributed by atoms with Crippen LogP contribution in [0, 0.1) is 0 Å². The van der Waals surface area contributed by atoms with Crippen molar-refractivity contribution in [2.24, 2.45) is 0 Å². The zero-order valence-corrected chi connectivity index (χ0v) is 6.39. The molecule has 66 valence electrons. The highest BCUT2D eigenvalue weighted by molar-refractivity contribution is 7.89. The topological polar surface area (TPSA) is 109 Å². The summed E-state index contributed by atoms with van der Waals surface area (Å²) in [5.74, 6) is -1.96. The quantitative estimate of drug-likeness (QED) is 0.572. The van der Waals surface area contributed by atoms with Crippen molar-refractivity contribution in [3.63, 3.8) is 0 Å². The lowest BCUT2D eigenvalue weighted by atomic mass is 11.0. The average molecular weight is 194 g/mol. The zero-order valence-electron chi connectivity index (χ0n) is 4.76. The van der Waals surface area contributed by atoms with Gasteiger partial charge in [-0.1, -0.05) is 0 Å². The third kappa shape index (κ3) is 7.82. The van der Waals surface area contributed by atoms with Crippen LogP contribution < -0.4 is 0 Å². The summed E-state index contributed by atoms with van der Waals surface area (Å²) in [5, 5.41) is 0. The molecule has 0 unspecified atom stereocenters. The van der Waals surface area contributed by atoms with E-state index in [0.717, 1.165) is 0 Å². The monoisotopic (exact) mass is 194 g/mol. The van der Waals surface area contributed by atoms with Crippen LogP contribution in [0.3, 0.4) is 0 Å². The molecule has 0 amide bonds. The summed E-state index contributed by atoms with van der Waals surface area (Å²) in [4.78, 5) is 0. The van der Waals surface area contributed by atoms with E-state index in [1.807, 2.05) is 0 Å².